The molecular weight excluding hydrogens is 330 g/mol. The average molecular weight is 349 g/mol. The molecule has 3 aromatic rings. The van der Waals surface area contributed by atoms with E-state index in [4.69, 9.17) is 10.5 Å². The third-order valence-electron chi connectivity index (χ3n) is 3.49. The molecule has 26 heavy (non-hydrogen) atoms. The van der Waals surface area contributed by atoms with Gasteiger partial charge in [-0.05, 0) is 37.3 Å². The Bertz CT molecular complexity index is 962. The van der Waals surface area contributed by atoms with Gasteiger partial charge in [0.2, 0.25) is 5.95 Å². The Labute approximate surface area is 151 Å². The van der Waals surface area contributed by atoms with Crippen molar-refractivity contribution in [2.75, 3.05) is 12.4 Å². The first-order valence-electron chi connectivity index (χ1n) is 7.86. The zero-order valence-electron chi connectivity index (χ0n) is 14.5. The molecule has 0 aliphatic carbocycles. The fourth-order valence-electron chi connectivity index (χ4n) is 2.26. The maximum atomic E-state index is 5.71. The van der Waals surface area contributed by atoms with E-state index in [1.54, 1.807) is 42.3 Å². The van der Waals surface area contributed by atoms with Crippen molar-refractivity contribution in [3.8, 4) is 11.6 Å². The summed E-state index contributed by atoms with van der Waals surface area (Å²) in [6.45, 7) is 5.52. The molecule has 0 saturated heterocycles. The minimum absolute atomic E-state index is 0.327. The Kier molecular flexibility index (Phi) is 4.93. The number of hydrogen-bond donors (Lipinski definition) is 2. The first kappa shape index (κ1) is 17.2. The maximum Gasteiger partial charge on any atom is 0.229 e. The van der Waals surface area contributed by atoms with Gasteiger partial charge in [0.15, 0.2) is 5.82 Å². The van der Waals surface area contributed by atoms with Gasteiger partial charge in [-0.3, -0.25) is 0 Å². The zero-order chi connectivity index (χ0) is 18.5. The predicted molar refractivity (Wildman–Crippen MR) is 102 cm³/mol. The lowest BCUT2D eigenvalue weighted by atomic mass is 10.2. The molecule has 8 nitrogen and oxygen atoms in total. The number of benzene rings is 1. The molecule has 3 N–H and O–H groups in total. The molecule has 0 bridgehead atoms. The Hall–Kier alpha value is -3.68. The number of amidine groups is 1. The number of aliphatic imine (C=N–C) groups is 1. The van der Waals surface area contributed by atoms with Crippen molar-refractivity contribution < 1.29 is 4.74 Å². The third kappa shape index (κ3) is 3.86. The van der Waals surface area contributed by atoms with Gasteiger partial charge in [-0.1, -0.05) is 6.58 Å². The summed E-state index contributed by atoms with van der Waals surface area (Å²) in [6, 6.07) is 9.07. The quantitative estimate of drug-likeness (QED) is 0.524. The summed E-state index contributed by atoms with van der Waals surface area (Å²) in [5.74, 6) is 2.02. The molecule has 0 saturated carbocycles. The molecule has 132 valence electrons. The van der Waals surface area contributed by atoms with E-state index in [0.717, 1.165) is 5.69 Å². The topological polar surface area (TPSA) is 103 Å². The van der Waals surface area contributed by atoms with Crippen molar-refractivity contribution in [3.63, 3.8) is 0 Å². The Morgan fingerprint density at radius 3 is 2.88 bits per heavy atom. The highest BCUT2D eigenvalue weighted by Gasteiger charge is 2.08. The highest BCUT2D eigenvalue weighted by Crippen LogP contribution is 2.31. The highest BCUT2D eigenvalue weighted by molar-refractivity contribution is 5.93. The number of aryl methyl sites for hydroxylation is 1. The maximum absolute atomic E-state index is 5.71. The van der Waals surface area contributed by atoms with Crippen molar-refractivity contribution >= 4 is 23.2 Å². The van der Waals surface area contributed by atoms with Gasteiger partial charge in [-0.15, -0.1) is 0 Å². The third-order valence-corrected chi connectivity index (χ3v) is 3.49. The van der Waals surface area contributed by atoms with Crippen LogP contribution in [0.1, 0.15) is 5.69 Å². The van der Waals surface area contributed by atoms with Crippen LogP contribution in [0.15, 0.2) is 60.4 Å². The van der Waals surface area contributed by atoms with E-state index >= 15 is 0 Å². The van der Waals surface area contributed by atoms with E-state index in [2.05, 4.69) is 32.0 Å². The van der Waals surface area contributed by atoms with Crippen LogP contribution < -0.4 is 15.8 Å². The van der Waals surface area contributed by atoms with E-state index in [-0.39, 0.29) is 0 Å². The Balaban J connectivity index is 1.93. The first-order valence-corrected chi connectivity index (χ1v) is 7.86. The summed E-state index contributed by atoms with van der Waals surface area (Å²) < 4.78 is 7.07. The van der Waals surface area contributed by atoms with Crippen molar-refractivity contribution in [2.24, 2.45) is 10.7 Å². The Morgan fingerprint density at radius 2 is 2.19 bits per heavy atom. The predicted octanol–water partition coefficient (Wildman–Crippen LogP) is 2.90. The summed E-state index contributed by atoms with van der Waals surface area (Å²) in [4.78, 5) is 13.0. The monoisotopic (exact) mass is 349 g/mol. The van der Waals surface area contributed by atoms with E-state index in [9.17, 15) is 0 Å². The Morgan fingerprint density at radius 1 is 1.35 bits per heavy atom. The molecule has 3 rings (SSSR count). The van der Waals surface area contributed by atoms with Crippen LogP contribution in [0.2, 0.25) is 0 Å². The number of methoxy groups -OCH3 is 1. The first-order chi connectivity index (χ1) is 12.6. The fourth-order valence-corrected chi connectivity index (χ4v) is 2.26. The van der Waals surface area contributed by atoms with Crippen molar-refractivity contribution in [2.45, 2.75) is 6.92 Å². The van der Waals surface area contributed by atoms with Gasteiger partial charge in [0.1, 0.15) is 11.6 Å². The molecule has 0 fully saturated rings. The zero-order valence-corrected chi connectivity index (χ0v) is 14.5. The number of nitrogens with two attached hydrogens (primary N) is 1. The minimum atomic E-state index is 0.327. The van der Waals surface area contributed by atoms with Crippen molar-refractivity contribution in [1.82, 2.24) is 19.7 Å². The summed E-state index contributed by atoms with van der Waals surface area (Å²) in [6.07, 6.45) is 4.98. The number of ether oxygens (including phenoxy) is 1. The lowest BCUT2D eigenvalue weighted by Gasteiger charge is -2.11. The van der Waals surface area contributed by atoms with E-state index in [1.807, 2.05) is 19.2 Å². The smallest absolute Gasteiger partial charge is 0.229 e. The van der Waals surface area contributed by atoms with Crippen LogP contribution in [0, 0.1) is 6.92 Å². The molecule has 0 radical (unpaired) electrons. The highest BCUT2D eigenvalue weighted by atomic mass is 16.5. The molecule has 0 amide bonds. The van der Waals surface area contributed by atoms with Gasteiger partial charge in [0, 0.05) is 18.5 Å². The van der Waals surface area contributed by atoms with Crippen LogP contribution in [0.3, 0.4) is 0 Å². The second kappa shape index (κ2) is 7.47. The van der Waals surface area contributed by atoms with Crippen LogP contribution in [-0.4, -0.2) is 32.7 Å². The number of nitrogens with zero attached hydrogens (tertiary/aromatic N) is 5. The number of nitrogens with one attached hydrogen (secondary N) is 1. The number of aromatic nitrogens is 4. The summed E-state index contributed by atoms with van der Waals surface area (Å²) in [5, 5.41) is 7.50. The lowest BCUT2D eigenvalue weighted by molar-refractivity contribution is 0.417. The summed E-state index contributed by atoms with van der Waals surface area (Å²) >= 11 is 0. The minimum Gasteiger partial charge on any atom is -0.495 e. The van der Waals surface area contributed by atoms with Crippen LogP contribution in [0.5, 0.6) is 5.75 Å². The molecule has 8 heteroatoms. The molecule has 0 aliphatic rings. The van der Waals surface area contributed by atoms with E-state index < -0.39 is 0 Å². The van der Waals surface area contributed by atoms with Gasteiger partial charge in [-0.25, -0.2) is 14.7 Å². The average Bonchev–Trinajstić information content (AvgIpc) is 3.08. The van der Waals surface area contributed by atoms with E-state index in [1.165, 1.54) is 6.08 Å². The number of hydrogen-bond acceptors (Lipinski definition) is 6. The molecule has 0 atom stereocenters. The van der Waals surface area contributed by atoms with Crippen LogP contribution in [0.4, 0.5) is 17.3 Å². The van der Waals surface area contributed by atoms with Gasteiger partial charge in [-0.2, -0.15) is 10.1 Å². The SMILES string of the molecule is C=CC(N)=Nc1ccc(OC)c(Nc2nccc(-n3ccc(C)n3)n2)c1. The largest absolute Gasteiger partial charge is 0.495 e. The van der Waals surface area contributed by atoms with Crippen LogP contribution >= 0.6 is 0 Å². The van der Waals surface area contributed by atoms with Gasteiger partial charge in [0.05, 0.1) is 24.2 Å². The normalized spacial score (nSPS) is 11.2. The van der Waals surface area contributed by atoms with Gasteiger partial charge < -0.3 is 15.8 Å². The van der Waals surface area contributed by atoms with E-state index in [0.29, 0.717) is 34.7 Å². The van der Waals surface area contributed by atoms with Gasteiger partial charge >= 0.3 is 0 Å². The summed E-state index contributed by atoms with van der Waals surface area (Å²) in [7, 11) is 1.59. The molecule has 0 aliphatic heterocycles. The molecule has 0 unspecified atom stereocenters. The van der Waals surface area contributed by atoms with Crippen molar-refractivity contribution in [1.29, 1.82) is 0 Å². The standard InChI is InChI=1S/C18H19N7O/c1-4-16(19)21-13-5-6-15(26-3)14(11-13)22-18-20-9-7-17(23-18)25-10-8-12(2)24-25/h4-11H,1H2,2-3H3,(H2,19,21)(H,20,22,23). The lowest BCUT2D eigenvalue weighted by Crippen LogP contribution is -2.06. The molecule has 2 aromatic heterocycles. The molecule has 1 aromatic carbocycles. The number of rotatable bonds is 6. The second-order valence-corrected chi connectivity index (χ2v) is 5.39. The van der Waals surface area contributed by atoms with Crippen molar-refractivity contribution in [3.05, 3.63) is 61.1 Å². The summed E-state index contributed by atoms with van der Waals surface area (Å²) in [5.41, 5.74) is 7.94. The van der Waals surface area contributed by atoms with Gasteiger partial charge in [0.25, 0.3) is 0 Å². The van der Waals surface area contributed by atoms with Crippen LogP contribution in [-0.2, 0) is 0 Å². The molecular formula is C18H19N7O. The second-order valence-electron chi connectivity index (χ2n) is 5.39. The number of anilines is 2. The fraction of sp³-hybridized carbons (Fsp3) is 0.111. The van der Waals surface area contributed by atoms with Crippen LogP contribution in [0.25, 0.3) is 5.82 Å². The molecule has 2 heterocycles. The molecule has 0 spiro atoms.